The third-order valence-electron chi connectivity index (χ3n) is 4.42. The van der Waals surface area contributed by atoms with Crippen LogP contribution in [0.15, 0.2) is 36.4 Å². The minimum atomic E-state index is -0.661. The quantitative estimate of drug-likeness (QED) is 0.619. The van der Waals surface area contributed by atoms with Gasteiger partial charge in [-0.25, -0.2) is 4.79 Å². The Morgan fingerprint density at radius 1 is 1.00 bits per heavy atom. The third kappa shape index (κ3) is 5.42. The number of hydrogen-bond acceptors (Lipinski definition) is 6. The first-order valence-corrected chi connectivity index (χ1v) is 9.58. The van der Waals surface area contributed by atoms with Crippen LogP contribution in [0.25, 0.3) is 0 Å². The van der Waals surface area contributed by atoms with Crippen LogP contribution in [0.1, 0.15) is 23.2 Å². The normalized spacial score (nSPS) is 12.6. The van der Waals surface area contributed by atoms with Gasteiger partial charge in [0.1, 0.15) is 11.5 Å². The van der Waals surface area contributed by atoms with Gasteiger partial charge in [-0.15, -0.1) is 0 Å². The number of benzene rings is 2. The van der Waals surface area contributed by atoms with E-state index in [1.807, 2.05) is 0 Å². The number of halogens is 1. The van der Waals surface area contributed by atoms with Crippen molar-refractivity contribution in [2.75, 3.05) is 31.5 Å². The van der Waals surface area contributed by atoms with Crippen LogP contribution < -0.4 is 20.1 Å². The summed E-state index contributed by atoms with van der Waals surface area (Å²) >= 11 is 6.03. The molecule has 0 saturated heterocycles. The van der Waals surface area contributed by atoms with Crippen molar-refractivity contribution in [3.63, 3.8) is 0 Å². The van der Waals surface area contributed by atoms with Crippen LogP contribution in [0.3, 0.4) is 0 Å². The fourth-order valence-corrected chi connectivity index (χ4v) is 2.87. The molecule has 9 heteroatoms. The predicted molar refractivity (Wildman–Crippen MR) is 111 cm³/mol. The van der Waals surface area contributed by atoms with Crippen molar-refractivity contribution in [2.24, 2.45) is 5.92 Å². The minimum absolute atomic E-state index is 0.0174. The maximum Gasteiger partial charge on any atom is 0.338 e. The van der Waals surface area contributed by atoms with Crippen molar-refractivity contribution >= 4 is 40.8 Å². The average Bonchev–Trinajstić information content (AvgIpc) is 3.59. The van der Waals surface area contributed by atoms with Gasteiger partial charge in [0.05, 0.1) is 30.5 Å². The fraction of sp³-hybridized carbons (Fsp3) is 0.286. The first kappa shape index (κ1) is 21.4. The summed E-state index contributed by atoms with van der Waals surface area (Å²) < 4.78 is 15.4. The highest BCUT2D eigenvalue weighted by Gasteiger charge is 2.29. The Hall–Kier alpha value is -3.26. The van der Waals surface area contributed by atoms with Gasteiger partial charge in [-0.05, 0) is 37.1 Å². The van der Waals surface area contributed by atoms with Gasteiger partial charge in [-0.2, -0.15) is 0 Å². The summed E-state index contributed by atoms with van der Waals surface area (Å²) in [7, 11) is 2.88. The predicted octanol–water partition coefficient (Wildman–Crippen LogP) is 3.50. The number of anilines is 2. The molecule has 8 nitrogen and oxygen atoms in total. The Kier molecular flexibility index (Phi) is 6.79. The van der Waals surface area contributed by atoms with E-state index in [0.717, 1.165) is 12.8 Å². The lowest BCUT2D eigenvalue weighted by Crippen LogP contribution is -2.21. The molecule has 0 heterocycles. The second kappa shape index (κ2) is 9.49. The number of amides is 2. The molecule has 1 aliphatic rings. The number of methoxy groups -OCH3 is 2. The van der Waals surface area contributed by atoms with Crippen molar-refractivity contribution in [1.29, 1.82) is 0 Å². The van der Waals surface area contributed by atoms with E-state index in [1.54, 1.807) is 12.1 Å². The molecule has 0 aromatic heterocycles. The van der Waals surface area contributed by atoms with Crippen molar-refractivity contribution in [3.8, 4) is 11.5 Å². The molecular weight excluding hydrogens is 412 g/mol. The van der Waals surface area contributed by atoms with Crippen molar-refractivity contribution in [3.05, 3.63) is 47.0 Å². The second-order valence-electron chi connectivity index (χ2n) is 6.65. The zero-order chi connectivity index (χ0) is 21.7. The molecule has 2 aromatic rings. The Bertz CT molecular complexity index is 957. The van der Waals surface area contributed by atoms with Gasteiger partial charge in [0.15, 0.2) is 6.61 Å². The molecule has 30 heavy (non-hydrogen) atoms. The highest BCUT2D eigenvalue weighted by Crippen LogP contribution is 2.35. The van der Waals surface area contributed by atoms with Crippen molar-refractivity contribution < 1.29 is 28.6 Å². The first-order chi connectivity index (χ1) is 14.4. The van der Waals surface area contributed by atoms with E-state index in [0.29, 0.717) is 27.9 Å². The van der Waals surface area contributed by atoms with Crippen LogP contribution in [-0.4, -0.2) is 38.6 Å². The smallest absolute Gasteiger partial charge is 0.338 e. The molecule has 0 unspecified atom stereocenters. The molecule has 0 radical (unpaired) electrons. The number of nitrogens with one attached hydrogen (secondary N) is 2. The molecule has 2 aromatic carbocycles. The van der Waals surface area contributed by atoms with Gasteiger partial charge in [0.25, 0.3) is 5.91 Å². The molecule has 0 atom stereocenters. The molecule has 158 valence electrons. The van der Waals surface area contributed by atoms with Gasteiger partial charge in [0.2, 0.25) is 5.91 Å². The zero-order valence-corrected chi connectivity index (χ0v) is 17.2. The number of hydrogen-bond donors (Lipinski definition) is 2. The van der Waals surface area contributed by atoms with Crippen molar-refractivity contribution in [2.45, 2.75) is 12.8 Å². The van der Waals surface area contributed by atoms with Gasteiger partial charge in [-0.3, -0.25) is 9.59 Å². The summed E-state index contributed by atoms with van der Waals surface area (Å²) in [6.45, 7) is -0.493. The number of rotatable bonds is 8. The Morgan fingerprint density at radius 2 is 1.67 bits per heavy atom. The standard InChI is InChI=1S/C21H21ClN2O6/c1-28-17-10-16(18(29-2)9-15(17)22)24-19(25)11-30-21(27)13-5-7-14(8-6-13)23-20(26)12-3-4-12/h5-10,12H,3-4,11H2,1-2H3,(H,23,26)(H,24,25). The topological polar surface area (TPSA) is 103 Å². The largest absolute Gasteiger partial charge is 0.495 e. The van der Waals surface area contributed by atoms with Gasteiger partial charge in [0, 0.05) is 23.7 Å². The molecule has 0 bridgehead atoms. The monoisotopic (exact) mass is 432 g/mol. The minimum Gasteiger partial charge on any atom is -0.495 e. The molecule has 1 aliphatic carbocycles. The molecule has 3 rings (SSSR count). The van der Waals surface area contributed by atoms with Crippen LogP contribution in [0, 0.1) is 5.92 Å². The van der Waals surface area contributed by atoms with E-state index in [-0.39, 0.29) is 17.4 Å². The lowest BCUT2D eigenvalue weighted by Gasteiger charge is -2.13. The molecule has 1 saturated carbocycles. The highest BCUT2D eigenvalue weighted by molar-refractivity contribution is 6.32. The van der Waals surface area contributed by atoms with E-state index in [1.165, 1.54) is 38.5 Å². The fourth-order valence-electron chi connectivity index (χ4n) is 2.64. The van der Waals surface area contributed by atoms with Gasteiger partial charge in [-0.1, -0.05) is 11.6 Å². The molecular formula is C21H21ClN2O6. The molecule has 2 amide bonds. The lowest BCUT2D eigenvalue weighted by atomic mass is 10.2. The second-order valence-corrected chi connectivity index (χ2v) is 7.06. The van der Waals surface area contributed by atoms with Crippen LogP contribution in [0.4, 0.5) is 11.4 Å². The molecule has 0 aliphatic heterocycles. The van der Waals surface area contributed by atoms with Gasteiger partial charge >= 0.3 is 5.97 Å². The third-order valence-corrected chi connectivity index (χ3v) is 4.71. The molecule has 1 fully saturated rings. The van der Waals surface area contributed by atoms with Crippen LogP contribution in [0.2, 0.25) is 5.02 Å². The van der Waals surface area contributed by atoms with E-state index in [9.17, 15) is 14.4 Å². The maximum absolute atomic E-state index is 12.2. The highest BCUT2D eigenvalue weighted by atomic mass is 35.5. The van der Waals surface area contributed by atoms with Gasteiger partial charge < -0.3 is 24.8 Å². The number of carbonyl (C=O) groups is 3. The summed E-state index contributed by atoms with van der Waals surface area (Å²) in [6.07, 6.45) is 1.82. The SMILES string of the molecule is COc1cc(NC(=O)COC(=O)c2ccc(NC(=O)C3CC3)cc2)c(OC)cc1Cl. The van der Waals surface area contributed by atoms with Crippen LogP contribution >= 0.6 is 11.6 Å². The number of esters is 1. The first-order valence-electron chi connectivity index (χ1n) is 9.20. The average molecular weight is 433 g/mol. The van der Waals surface area contributed by atoms with E-state index in [4.69, 9.17) is 25.8 Å². The summed E-state index contributed by atoms with van der Waals surface area (Å²) in [6, 6.07) is 9.29. The summed E-state index contributed by atoms with van der Waals surface area (Å²) in [5.41, 5.74) is 1.19. The summed E-state index contributed by atoms with van der Waals surface area (Å²) in [5, 5.41) is 5.70. The zero-order valence-electron chi connectivity index (χ0n) is 16.5. The van der Waals surface area contributed by atoms with E-state index < -0.39 is 18.5 Å². The maximum atomic E-state index is 12.2. The Balaban J connectivity index is 1.54. The number of ether oxygens (including phenoxy) is 3. The molecule has 2 N–H and O–H groups in total. The number of carbonyl (C=O) groups excluding carboxylic acids is 3. The lowest BCUT2D eigenvalue weighted by molar-refractivity contribution is -0.119. The Labute approximate surface area is 178 Å². The molecule has 0 spiro atoms. The Morgan fingerprint density at radius 3 is 2.27 bits per heavy atom. The van der Waals surface area contributed by atoms with E-state index in [2.05, 4.69) is 10.6 Å². The summed E-state index contributed by atoms with van der Waals surface area (Å²) in [5.74, 6) is -0.447. The van der Waals surface area contributed by atoms with E-state index >= 15 is 0 Å². The summed E-state index contributed by atoms with van der Waals surface area (Å²) in [4.78, 5) is 36.1. The van der Waals surface area contributed by atoms with Crippen LogP contribution in [-0.2, 0) is 14.3 Å². The van der Waals surface area contributed by atoms with Crippen LogP contribution in [0.5, 0.6) is 11.5 Å². The van der Waals surface area contributed by atoms with Crippen molar-refractivity contribution in [1.82, 2.24) is 0 Å².